The quantitative estimate of drug-likeness (QED) is 0.794. The highest BCUT2D eigenvalue weighted by Crippen LogP contribution is 2.32. The Labute approximate surface area is 162 Å². The number of rotatable bonds is 2. The predicted molar refractivity (Wildman–Crippen MR) is 108 cm³/mol. The van der Waals surface area contributed by atoms with Crippen molar-refractivity contribution >= 4 is 16.7 Å². The van der Waals surface area contributed by atoms with E-state index in [1.54, 1.807) is 7.11 Å². The number of aryl methyl sites for hydroxylation is 2. The summed E-state index contributed by atoms with van der Waals surface area (Å²) in [6.07, 6.45) is 0. The van der Waals surface area contributed by atoms with E-state index in [0.717, 1.165) is 22.4 Å². The summed E-state index contributed by atoms with van der Waals surface area (Å²) in [6.45, 7) is 14.0. The Morgan fingerprint density at radius 3 is 2.52 bits per heavy atom. The Hall–Kier alpha value is -2.46. The molecule has 7 heteroatoms. The van der Waals surface area contributed by atoms with E-state index in [-0.39, 0.29) is 5.92 Å². The predicted octanol–water partition coefficient (Wildman–Crippen LogP) is 3.68. The Morgan fingerprint density at radius 1 is 1.19 bits per heavy atom. The van der Waals surface area contributed by atoms with Crippen LogP contribution in [0.15, 0.2) is 6.07 Å². The molecule has 27 heavy (non-hydrogen) atoms. The number of methoxy groups -OCH3 is 1. The number of nitrogens with zero attached hydrogens (tertiary/aromatic N) is 5. The number of ether oxygens (including phenoxy) is 2. The third kappa shape index (κ3) is 5.51. The molecule has 1 fully saturated rings. The lowest BCUT2D eigenvalue weighted by Crippen LogP contribution is -2.30. The standard InChI is InChI=1S/C16H19N5O2.2C2H6/c1-10-6-13-14(16(18-10)22-3)15(20-11(2)19-13)21-4-5-23-9-12(7-17)8-21;2*1-2/h6,12H,4-5,8-9H2,1-3H3;2*1-2H3. The highest BCUT2D eigenvalue weighted by Gasteiger charge is 2.23. The molecule has 1 saturated heterocycles. The normalized spacial score (nSPS) is 16.2. The summed E-state index contributed by atoms with van der Waals surface area (Å²) >= 11 is 0. The molecule has 0 amide bonds. The van der Waals surface area contributed by atoms with Gasteiger partial charge >= 0.3 is 0 Å². The third-order valence-corrected chi connectivity index (χ3v) is 3.81. The van der Waals surface area contributed by atoms with Crippen LogP contribution in [0.4, 0.5) is 5.82 Å². The van der Waals surface area contributed by atoms with E-state index in [1.165, 1.54) is 0 Å². The summed E-state index contributed by atoms with van der Waals surface area (Å²) in [6, 6.07) is 4.21. The molecule has 0 spiro atoms. The number of anilines is 1. The van der Waals surface area contributed by atoms with Gasteiger partial charge in [-0.05, 0) is 19.9 Å². The number of pyridine rings is 1. The van der Waals surface area contributed by atoms with Crippen molar-refractivity contribution in [3.63, 3.8) is 0 Å². The van der Waals surface area contributed by atoms with Gasteiger partial charge in [0.05, 0.1) is 37.8 Å². The van der Waals surface area contributed by atoms with Crippen LogP contribution in [0, 0.1) is 31.1 Å². The van der Waals surface area contributed by atoms with Gasteiger partial charge in [-0.1, -0.05) is 27.7 Å². The molecular formula is C20H31N5O2. The van der Waals surface area contributed by atoms with E-state index in [0.29, 0.717) is 38.0 Å². The first kappa shape index (κ1) is 22.6. The van der Waals surface area contributed by atoms with Gasteiger partial charge in [0.2, 0.25) is 5.88 Å². The molecule has 1 unspecified atom stereocenters. The third-order valence-electron chi connectivity index (χ3n) is 3.81. The second kappa shape index (κ2) is 11.3. The summed E-state index contributed by atoms with van der Waals surface area (Å²) in [7, 11) is 1.59. The zero-order valence-corrected chi connectivity index (χ0v) is 17.5. The fourth-order valence-electron chi connectivity index (χ4n) is 2.79. The van der Waals surface area contributed by atoms with Crippen molar-refractivity contribution in [2.24, 2.45) is 5.92 Å². The van der Waals surface area contributed by atoms with Crippen LogP contribution >= 0.6 is 0 Å². The SMILES string of the molecule is CC.CC.COc1nc(C)cc2nc(C)nc(N3CCOCC(C#N)C3)c12. The van der Waals surface area contributed by atoms with E-state index in [9.17, 15) is 5.26 Å². The minimum absolute atomic E-state index is 0.188. The molecule has 7 nitrogen and oxygen atoms in total. The van der Waals surface area contributed by atoms with Crippen LogP contribution < -0.4 is 9.64 Å². The molecule has 1 aliphatic heterocycles. The average molecular weight is 374 g/mol. The van der Waals surface area contributed by atoms with Crippen molar-refractivity contribution in [2.75, 3.05) is 38.3 Å². The minimum Gasteiger partial charge on any atom is -0.480 e. The van der Waals surface area contributed by atoms with Crippen LogP contribution in [-0.4, -0.2) is 48.4 Å². The summed E-state index contributed by atoms with van der Waals surface area (Å²) in [5, 5.41) is 10.0. The van der Waals surface area contributed by atoms with Crippen LogP contribution in [0.2, 0.25) is 0 Å². The molecule has 148 valence electrons. The largest absolute Gasteiger partial charge is 0.480 e. The lowest BCUT2D eigenvalue weighted by molar-refractivity contribution is 0.137. The number of aromatic nitrogens is 3. The van der Waals surface area contributed by atoms with Crippen LogP contribution in [0.1, 0.15) is 39.2 Å². The average Bonchev–Trinajstić information content (AvgIpc) is 2.95. The van der Waals surface area contributed by atoms with Gasteiger partial charge in [-0.3, -0.25) is 0 Å². The van der Waals surface area contributed by atoms with Crippen molar-refractivity contribution < 1.29 is 9.47 Å². The fourth-order valence-corrected chi connectivity index (χ4v) is 2.79. The van der Waals surface area contributed by atoms with E-state index in [4.69, 9.17) is 9.47 Å². The highest BCUT2D eigenvalue weighted by molar-refractivity contribution is 5.94. The minimum atomic E-state index is -0.188. The summed E-state index contributed by atoms with van der Waals surface area (Å²) < 4.78 is 11.0. The van der Waals surface area contributed by atoms with E-state index >= 15 is 0 Å². The van der Waals surface area contributed by atoms with Crippen molar-refractivity contribution in [1.82, 2.24) is 15.0 Å². The maximum atomic E-state index is 9.26. The first-order valence-electron chi connectivity index (χ1n) is 9.54. The van der Waals surface area contributed by atoms with Crippen molar-refractivity contribution in [2.45, 2.75) is 41.5 Å². The Bertz CT molecular complexity index is 768. The van der Waals surface area contributed by atoms with Crippen LogP contribution in [-0.2, 0) is 4.74 Å². The highest BCUT2D eigenvalue weighted by atomic mass is 16.5. The van der Waals surface area contributed by atoms with E-state index in [1.807, 2.05) is 47.6 Å². The zero-order chi connectivity index (χ0) is 20.4. The second-order valence-corrected chi connectivity index (χ2v) is 5.61. The van der Waals surface area contributed by atoms with Crippen molar-refractivity contribution in [3.05, 3.63) is 17.6 Å². The number of hydrogen-bond donors (Lipinski definition) is 0. The molecule has 0 N–H and O–H groups in total. The number of fused-ring (bicyclic) bond motifs is 1. The smallest absolute Gasteiger partial charge is 0.226 e. The fraction of sp³-hybridized carbons (Fsp3) is 0.600. The van der Waals surface area contributed by atoms with Gasteiger partial charge in [-0.25, -0.2) is 15.0 Å². The van der Waals surface area contributed by atoms with Crippen molar-refractivity contribution in [3.8, 4) is 11.9 Å². The lowest BCUT2D eigenvalue weighted by atomic mass is 10.1. The van der Waals surface area contributed by atoms with Crippen LogP contribution in [0.3, 0.4) is 0 Å². The molecule has 0 aromatic carbocycles. The number of nitriles is 1. The Balaban J connectivity index is 0.000000855. The molecule has 3 heterocycles. The molecule has 1 aliphatic rings. The molecule has 0 bridgehead atoms. The first-order chi connectivity index (χ1) is 13.1. The molecule has 1 atom stereocenters. The lowest BCUT2D eigenvalue weighted by Gasteiger charge is -2.24. The summed E-state index contributed by atoms with van der Waals surface area (Å²) in [5.74, 6) is 1.75. The molecule has 3 rings (SSSR count). The molecular weight excluding hydrogens is 342 g/mol. The van der Waals surface area contributed by atoms with Crippen molar-refractivity contribution in [1.29, 1.82) is 5.26 Å². The van der Waals surface area contributed by atoms with Gasteiger partial charge in [0.25, 0.3) is 0 Å². The van der Waals surface area contributed by atoms with Gasteiger partial charge in [0.15, 0.2) is 0 Å². The molecule has 2 aromatic rings. The van der Waals surface area contributed by atoms with Gasteiger partial charge in [-0.15, -0.1) is 0 Å². The van der Waals surface area contributed by atoms with E-state index < -0.39 is 0 Å². The summed E-state index contributed by atoms with van der Waals surface area (Å²) in [4.78, 5) is 15.6. The van der Waals surface area contributed by atoms with Crippen LogP contribution in [0.25, 0.3) is 10.9 Å². The zero-order valence-electron chi connectivity index (χ0n) is 17.5. The monoisotopic (exact) mass is 373 g/mol. The van der Waals surface area contributed by atoms with Crippen LogP contribution in [0.5, 0.6) is 5.88 Å². The molecule has 0 aliphatic carbocycles. The molecule has 0 saturated carbocycles. The Morgan fingerprint density at radius 2 is 1.89 bits per heavy atom. The maximum absolute atomic E-state index is 9.26. The summed E-state index contributed by atoms with van der Waals surface area (Å²) in [5.41, 5.74) is 1.64. The van der Waals surface area contributed by atoms with Gasteiger partial charge in [-0.2, -0.15) is 5.26 Å². The topological polar surface area (TPSA) is 84.2 Å². The molecule has 0 radical (unpaired) electrons. The van der Waals surface area contributed by atoms with E-state index in [2.05, 4.69) is 25.9 Å². The van der Waals surface area contributed by atoms with Gasteiger partial charge in [0, 0.05) is 18.8 Å². The Kier molecular flexibility index (Phi) is 9.45. The van der Waals surface area contributed by atoms with Gasteiger partial charge in [0.1, 0.15) is 17.0 Å². The maximum Gasteiger partial charge on any atom is 0.226 e. The molecule has 2 aromatic heterocycles. The first-order valence-corrected chi connectivity index (χ1v) is 9.54. The number of hydrogen-bond acceptors (Lipinski definition) is 7. The van der Waals surface area contributed by atoms with Gasteiger partial charge < -0.3 is 14.4 Å². The second-order valence-electron chi connectivity index (χ2n) is 5.61.